The molecule has 170 valence electrons. The number of nitrogens with one attached hydrogen (secondary N) is 1. The van der Waals surface area contributed by atoms with Crippen LogP contribution in [0.2, 0.25) is 0 Å². The van der Waals surface area contributed by atoms with E-state index in [9.17, 15) is 19.2 Å². The molecule has 1 heterocycles. The van der Waals surface area contributed by atoms with E-state index in [-0.39, 0.29) is 21.2 Å². The summed E-state index contributed by atoms with van der Waals surface area (Å²) in [6.07, 6.45) is 3.31. The molecule has 0 spiro atoms. The van der Waals surface area contributed by atoms with Crippen molar-refractivity contribution in [1.82, 2.24) is 0 Å². The molecule has 0 aliphatic heterocycles. The molecule has 2 aromatic rings. The number of ether oxygens (including phenoxy) is 3. The molecule has 10 heteroatoms. The molecule has 1 aliphatic rings. The standard InChI is InChI=1S/C22H23NO7S2/c1-12-18(21(26)28-2)20(32-19(12)22(27)29-3)23-16(24)10-30-17(25)11-31-15-8-7-13-5-4-6-14(13)9-15/h7-9H,4-6,10-11H2,1-3H3,(H,23,24). The van der Waals surface area contributed by atoms with Crippen LogP contribution < -0.4 is 5.32 Å². The van der Waals surface area contributed by atoms with Gasteiger partial charge in [-0.2, -0.15) is 0 Å². The molecule has 0 saturated carbocycles. The highest BCUT2D eigenvalue weighted by atomic mass is 32.2. The van der Waals surface area contributed by atoms with Crippen molar-refractivity contribution in [1.29, 1.82) is 0 Å². The second kappa shape index (κ2) is 10.6. The van der Waals surface area contributed by atoms with Crippen molar-refractivity contribution in [3.05, 3.63) is 45.3 Å². The predicted molar refractivity (Wildman–Crippen MR) is 121 cm³/mol. The zero-order valence-electron chi connectivity index (χ0n) is 17.9. The molecule has 0 atom stereocenters. The Morgan fingerprint density at radius 1 is 1.06 bits per heavy atom. The van der Waals surface area contributed by atoms with Crippen LogP contribution in [0.3, 0.4) is 0 Å². The van der Waals surface area contributed by atoms with E-state index in [1.165, 1.54) is 37.1 Å². The molecule has 0 radical (unpaired) electrons. The van der Waals surface area contributed by atoms with E-state index >= 15 is 0 Å². The second-order valence-electron chi connectivity index (χ2n) is 7.03. The van der Waals surface area contributed by atoms with Gasteiger partial charge in [-0.1, -0.05) is 6.07 Å². The van der Waals surface area contributed by atoms with E-state index in [0.717, 1.165) is 35.5 Å². The Labute approximate surface area is 193 Å². The van der Waals surface area contributed by atoms with Crippen molar-refractivity contribution in [3.8, 4) is 0 Å². The van der Waals surface area contributed by atoms with Crippen molar-refractivity contribution in [2.24, 2.45) is 0 Å². The molecule has 0 bridgehead atoms. The van der Waals surface area contributed by atoms with Gasteiger partial charge in [0.25, 0.3) is 5.91 Å². The van der Waals surface area contributed by atoms with Crippen LogP contribution in [0.15, 0.2) is 23.1 Å². The Morgan fingerprint density at radius 2 is 1.78 bits per heavy atom. The molecule has 0 saturated heterocycles. The quantitative estimate of drug-likeness (QED) is 0.350. The molecular formula is C22H23NO7S2. The third kappa shape index (κ3) is 5.49. The van der Waals surface area contributed by atoms with E-state index in [4.69, 9.17) is 14.2 Å². The minimum absolute atomic E-state index is 0.0599. The van der Waals surface area contributed by atoms with Gasteiger partial charge in [0.15, 0.2) is 6.61 Å². The van der Waals surface area contributed by atoms with Crippen LogP contribution in [0.25, 0.3) is 0 Å². The number of rotatable bonds is 8. The van der Waals surface area contributed by atoms with Crippen molar-refractivity contribution in [2.75, 3.05) is 31.9 Å². The molecule has 0 fully saturated rings. The Kier molecular flexibility index (Phi) is 7.92. The van der Waals surface area contributed by atoms with Gasteiger partial charge in [0, 0.05) is 4.90 Å². The summed E-state index contributed by atoms with van der Waals surface area (Å²) in [5.41, 5.74) is 3.08. The first-order valence-electron chi connectivity index (χ1n) is 9.84. The minimum Gasteiger partial charge on any atom is -0.465 e. The molecular weight excluding hydrogens is 454 g/mol. The smallest absolute Gasteiger partial charge is 0.348 e. The summed E-state index contributed by atoms with van der Waals surface area (Å²) in [6, 6.07) is 6.18. The van der Waals surface area contributed by atoms with Crippen LogP contribution in [0.5, 0.6) is 0 Å². The summed E-state index contributed by atoms with van der Waals surface area (Å²) in [5.74, 6) is -2.43. The second-order valence-corrected chi connectivity index (χ2v) is 9.09. The maximum Gasteiger partial charge on any atom is 0.348 e. The van der Waals surface area contributed by atoms with Gasteiger partial charge in [-0.25, -0.2) is 9.59 Å². The first-order valence-corrected chi connectivity index (χ1v) is 11.6. The lowest BCUT2D eigenvalue weighted by molar-refractivity contribution is -0.144. The van der Waals surface area contributed by atoms with Crippen molar-refractivity contribution < 1.29 is 33.4 Å². The highest BCUT2D eigenvalue weighted by Crippen LogP contribution is 2.34. The number of carbonyl (C=O) groups excluding carboxylic acids is 4. The Morgan fingerprint density at radius 3 is 2.50 bits per heavy atom. The monoisotopic (exact) mass is 477 g/mol. The number of fused-ring (bicyclic) bond motifs is 1. The summed E-state index contributed by atoms with van der Waals surface area (Å²) < 4.78 is 14.5. The normalized spacial score (nSPS) is 12.1. The lowest BCUT2D eigenvalue weighted by atomic mass is 10.1. The van der Waals surface area contributed by atoms with Gasteiger partial charge < -0.3 is 19.5 Å². The van der Waals surface area contributed by atoms with Gasteiger partial charge in [-0.3, -0.25) is 9.59 Å². The molecule has 1 aromatic carbocycles. The Balaban J connectivity index is 1.55. The average Bonchev–Trinajstić information content (AvgIpc) is 3.38. The maximum absolute atomic E-state index is 12.3. The summed E-state index contributed by atoms with van der Waals surface area (Å²) in [7, 11) is 2.42. The topological polar surface area (TPSA) is 108 Å². The van der Waals surface area contributed by atoms with Gasteiger partial charge in [0.2, 0.25) is 0 Å². The number of aryl methyl sites for hydroxylation is 2. The van der Waals surface area contributed by atoms with Crippen LogP contribution in [0, 0.1) is 6.92 Å². The fraction of sp³-hybridized carbons (Fsp3) is 0.364. The van der Waals surface area contributed by atoms with Crippen molar-refractivity contribution in [2.45, 2.75) is 31.1 Å². The largest absolute Gasteiger partial charge is 0.465 e. The first-order chi connectivity index (χ1) is 15.3. The van der Waals surface area contributed by atoms with Crippen molar-refractivity contribution in [3.63, 3.8) is 0 Å². The number of amides is 1. The lowest BCUT2D eigenvalue weighted by Crippen LogP contribution is -2.22. The average molecular weight is 478 g/mol. The van der Waals surface area contributed by atoms with Crippen LogP contribution in [0.4, 0.5) is 5.00 Å². The van der Waals surface area contributed by atoms with Gasteiger partial charge in [0.05, 0.1) is 25.5 Å². The van der Waals surface area contributed by atoms with Crippen LogP contribution in [-0.2, 0) is 36.6 Å². The highest BCUT2D eigenvalue weighted by Gasteiger charge is 2.27. The number of methoxy groups -OCH3 is 2. The first kappa shape index (κ1) is 23.8. The van der Waals surface area contributed by atoms with Gasteiger partial charge in [-0.15, -0.1) is 23.1 Å². The van der Waals surface area contributed by atoms with Gasteiger partial charge in [0.1, 0.15) is 9.88 Å². The van der Waals surface area contributed by atoms with Crippen LogP contribution in [0.1, 0.15) is 43.1 Å². The number of thioether (sulfide) groups is 1. The van der Waals surface area contributed by atoms with E-state index in [1.807, 2.05) is 6.07 Å². The molecule has 1 amide bonds. The molecule has 1 aliphatic carbocycles. The molecule has 0 unspecified atom stereocenters. The zero-order valence-corrected chi connectivity index (χ0v) is 19.6. The van der Waals surface area contributed by atoms with E-state index in [0.29, 0.717) is 5.56 Å². The van der Waals surface area contributed by atoms with E-state index < -0.39 is 30.4 Å². The van der Waals surface area contributed by atoms with Crippen LogP contribution >= 0.6 is 23.1 Å². The Bertz CT molecular complexity index is 1060. The summed E-state index contributed by atoms with van der Waals surface area (Å²) in [5, 5.41) is 2.64. The molecule has 1 N–H and O–H groups in total. The fourth-order valence-corrected chi connectivity index (χ4v) is 5.25. The lowest BCUT2D eigenvalue weighted by Gasteiger charge is -2.08. The maximum atomic E-state index is 12.3. The Hall–Kier alpha value is -2.85. The van der Waals surface area contributed by atoms with E-state index in [2.05, 4.69) is 17.4 Å². The molecule has 32 heavy (non-hydrogen) atoms. The van der Waals surface area contributed by atoms with E-state index in [1.54, 1.807) is 6.92 Å². The number of hydrogen-bond acceptors (Lipinski definition) is 9. The van der Waals surface area contributed by atoms with Crippen molar-refractivity contribution >= 4 is 51.9 Å². The summed E-state index contributed by atoms with van der Waals surface area (Å²) >= 11 is 2.24. The number of thiophene rings is 1. The molecule has 3 rings (SSSR count). The van der Waals surface area contributed by atoms with Crippen LogP contribution in [-0.4, -0.2) is 50.4 Å². The fourth-order valence-electron chi connectivity index (χ4n) is 3.37. The number of esters is 3. The summed E-state index contributed by atoms with van der Waals surface area (Å²) in [4.78, 5) is 49.5. The third-order valence-electron chi connectivity index (χ3n) is 4.95. The number of benzene rings is 1. The molecule has 1 aromatic heterocycles. The minimum atomic E-state index is -0.702. The van der Waals surface area contributed by atoms with Gasteiger partial charge >= 0.3 is 17.9 Å². The number of hydrogen-bond donors (Lipinski definition) is 1. The van der Waals surface area contributed by atoms with Gasteiger partial charge in [-0.05, 0) is 55.0 Å². The molecule has 8 nitrogen and oxygen atoms in total. The summed E-state index contributed by atoms with van der Waals surface area (Å²) in [6.45, 7) is 1.04. The predicted octanol–water partition coefficient (Wildman–Crippen LogP) is 3.39. The zero-order chi connectivity index (χ0) is 23.3. The SMILES string of the molecule is COC(=O)c1sc(NC(=O)COC(=O)CSc2ccc3c(c2)CCC3)c(C(=O)OC)c1C. The highest BCUT2D eigenvalue weighted by molar-refractivity contribution is 8.00. The number of carbonyl (C=O) groups is 4. The number of anilines is 1. The third-order valence-corrected chi connectivity index (χ3v) is 7.11.